The molecule has 0 atom stereocenters. The lowest BCUT2D eigenvalue weighted by atomic mass is 10.2. The molecule has 2 aromatic rings. The molecule has 0 fully saturated rings. The van der Waals surface area contributed by atoms with Gasteiger partial charge >= 0.3 is 6.03 Å². The number of anilines is 1. The van der Waals surface area contributed by atoms with Gasteiger partial charge in [0.05, 0.1) is 23.5 Å². The predicted molar refractivity (Wildman–Crippen MR) is 99.0 cm³/mol. The summed E-state index contributed by atoms with van der Waals surface area (Å²) in [6, 6.07) is 8.82. The van der Waals surface area contributed by atoms with E-state index in [0.717, 1.165) is 4.31 Å². The van der Waals surface area contributed by atoms with Gasteiger partial charge in [0.2, 0.25) is 0 Å². The number of fused-ring (bicyclic) bond motifs is 1. The third-order valence-corrected chi connectivity index (χ3v) is 5.75. The zero-order valence-electron chi connectivity index (χ0n) is 15.3. The summed E-state index contributed by atoms with van der Waals surface area (Å²) in [5.74, 6) is 0.365. The minimum absolute atomic E-state index is 0.0103. The second kappa shape index (κ2) is 6.82. The van der Waals surface area contributed by atoms with Gasteiger partial charge in [-0.25, -0.2) is 17.5 Å². The van der Waals surface area contributed by atoms with E-state index < -0.39 is 21.7 Å². The normalized spacial score (nSPS) is 16.2. The first kappa shape index (κ1) is 19.1. The fourth-order valence-corrected chi connectivity index (χ4v) is 4.18. The summed E-state index contributed by atoms with van der Waals surface area (Å²) in [5.41, 5.74) is -0.342. The second-order valence-electron chi connectivity index (χ2n) is 6.90. The minimum Gasteiger partial charge on any atom is -0.491 e. The Morgan fingerprint density at radius 3 is 2.59 bits per heavy atom. The number of ether oxygens (including phenoxy) is 1. The molecule has 0 radical (unpaired) electrons. The third-order valence-electron chi connectivity index (χ3n) is 3.98. The van der Waals surface area contributed by atoms with Crippen LogP contribution >= 0.6 is 0 Å². The number of sulfonamides is 1. The van der Waals surface area contributed by atoms with Crippen LogP contribution in [0.1, 0.15) is 19.5 Å². The van der Waals surface area contributed by atoms with E-state index in [4.69, 9.17) is 4.74 Å². The van der Waals surface area contributed by atoms with Crippen LogP contribution in [0, 0.1) is 0 Å². The summed E-state index contributed by atoms with van der Waals surface area (Å²) in [7, 11) is -2.53. The Bertz CT molecular complexity index is 955. The number of hydrogen-bond donors (Lipinski definition) is 1. The molecule has 0 unspecified atom stereocenters. The summed E-state index contributed by atoms with van der Waals surface area (Å²) in [6.45, 7) is 3.08. The molecule has 9 heteroatoms. The van der Waals surface area contributed by atoms with Gasteiger partial charge in [-0.3, -0.25) is 9.88 Å². The van der Waals surface area contributed by atoms with E-state index >= 15 is 0 Å². The van der Waals surface area contributed by atoms with E-state index in [1.54, 1.807) is 38.2 Å². The summed E-state index contributed by atoms with van der Waals surface area (Å²) in [5, 5.41) is 9.77. The molecule has 0 spiro atoms. The molecular formula is C18H21N3O5S. The standard InChI is InChI=1S/C18H21N3O5S/c1-18(2,23)12-26-14-7-8-16-15(10-14)20(3)17(22)21(27(16,24)25)11-13-6-4-5-9-19-13/h4-10,23H,11-12H2,1-3H3. The molecule has 0 aliphatic carbocycles. The number of amides is 2. The Morgan fingerprint density at radius 2 is 1.96 bits per heavy atom. The summed E-state index contributed by atoms with van der Waals surface area (Å²) >= 11 is 0. The highest BCUT2D eigenvalue weighted by Crippen LogP contribution is 2.36. The topological polar surface area (TPSA) is 100 Å². The smallest absolute Gasteiger partial charge is 0.338 e. The number of urea groups is 1. The molecule has 1 N–H and O–H groups in total. The average Bonchev–Trinajstić information content (AvgIpc) is 2.62. The lowest BCUT2D eigenvalue weighted by Gasteiger charge is -2.34. The van der Waals surface area contributed by atoms with E-state index in [1.807, 2.05) is 0 Å². The SMILES string of the molecule is CN1C(=O)N(Cc2ccccn2)S(=O)(=O)c2ccc(OCC(C)(C)O)cc21. The molecule has 2 heterocycles. The van der Waals surface area contributed by atoms with E-state index in [2.05, 4.69) is 4.98 Å². The number of nitrogens with zero attached hydrogens (tertiary/aromatic N) is 3. The first-order valence-electron chi connectivity index (χ1n) is 8.29. The maximum Gasteiger partial charge on any atom is 0.338 e. The van der Waals surface area contributed by atoms with Crippen molar-refractivity contribution in [1.29, 1.82) is 0 Å². The van der Waals surface area contributed by atoms with Gasteiger partial charge in [-0.05, 0) is 38.1 Å². The lowest BCUT2D eigenvalue weighted by molar-refractivity contribution is 0.0285. The monoisotopic (exact) mass is 391 g/mol. The van der Waals surface area contributed by atoms with Crippen molar-refractivity contribution < 1.29 is 23.1 Å². The van der Waals surface area contributed by atoms with Crippen LogP contribution in [0.4, 0.5) is 10.5 Å². The highest BCUT2D eigenvalue weighted by atomic mass is 32.2. The third kappa shape index (κ3) is 3.88. The van der Waals surface area contributed by atoms with Crippen molar-refractivity contribution in [2.24, 2.45) is 0 Å². The van der Waals surface area contributed by atoms with E-state index in [-0.39, 0.29) is 23.7 Å². The Morgan fingerprint density at radius 1 is 1.22 bits per heavy atom. The summed E-state index contributed by atoms with van der Waals surface area (Å²) < 4.78 is 32.2. The maximum atomic E-state index is 13.0. The van der Waals surface area contributed by atoms with Crippen LogP contribution in [0.25, 0.3) is 0 Å². The van der Waals surface area contributed by atoms with Gasteiger partial charge in [-0.2, -0.15) is 0 Å². The molecule has 1 aromatic heterocycles. The van der Waals surface area contributed by atoms with E-state index in [0.29, 0.717) is 11.4 Å². The molecule has 1 aliphatic rings. The molecule has 2 amide bonds. The Balaban J connectivity index is 1.95. The van der Waals surface area contributed by atoms with Gasteiger partial charge in [-0.15, -0.1) is 0 Å². The van der Waals surface area contributed by atoms with Crippen LogP contribution in [0.2, 0.25) is 0 Å². The first-order chi connectivity index (χ1) is 12.6. The molecule has 0 bridgehead atoms. The minimum atomic E-state index is -4.03. The fraction of sp³-hybridized carbons (Fsp3) is 0.333. The van der Waals surface area contributed by atoms with E-state index in [9.17, 15) is 18.3 Å². The van der Waals surface area contributed by atoms with Crippen LogP contribution in [-0.4, -0.2) is 48.1 Å². The summed E-state index contributed by atoms with van der Waals surface area (Å²) in [6.07, 6.45) is 1.54. The van der Waals surface area contributed by atoms with Crippen LogP contribution in [0.5, 0.6) is 5.75 Å². The number of pyridine rings is 1. The van der Waals surface area contributed by atoms with Crippen molar-refractivity contribution in [2.75, 3.05) is 18.6 Å². The van der Waals surface area contributed by atoms with Crippen LogP contribution < -0.4 is 9.64 Å². The second-order valence-corrected chi connectivity index (χ2v) is 8.74. The predicted octanol–water partition coefficient (Wildman–Crippen LogP) is 1.99. The number of benzene rings is 1. The highest BCUT2D eigenvalue weighted by molar-refractivity contribution is 7.90. The largest absolute Gasteiger partial charge is 0.491 e. The van der Waals surface area contributed by atoms with Crippen molar-refractivity contribution in [3.63, 3.8) is 0 Å². The van der Waals surface area contributed by atoms with Gasteiger partial charge in [0.15, 0.2) is 0 Å². The van der Waals surface area contributed by atoms with Crippen molar-refractivity contribution in [2.45, 2.75) is 30.9 Å². The fourth-order valence-electron chi connectivity index (χ4n) is 2.61. The van der Waals surface area contributed by atoms with Crippen molar-refractivity contribution >= 4 is 21.7 Å². The van der Waals surface area contributed by atoms with Crippen molar-refractivity contribution in [1.82, 2.24) is 9.29 Å². The molecule has 0 saturated heterocycles. The van der Waals surface area contributed by atoms with Crippen LogP contribution in [-0.2, 0) is 16.6 Å². The molecule has 1 aromatic carbocycles. The quantitative estimate of drug-likeness (QED) is 0.837. The molecule has 0 saturated carbocycles. The maximum absolute atomic E-state index is 13.0. The Kier molecular flexibility index (Phi) is 4.83. The molecule has 3 rings (SSSR count). The van der Waals surface area contributed by atoms with Crippen molar-refractivity contribution in [3.8, 4) is 5.75 Å². The highest BCUT2D eigenvalue weighted by Gasteiger charge is 2.40. The molecule has 1 aliphatic heterocycles. The molecular weight excluding hydrogens is 370 g/mol. The van der Waals surface area contributed by atoms with Gasteiger partial charge in [-0.1, -0.05) is 6.07 Å². The van der Waals surface area contributed by atoms with E-state index in [1.165, 1.54) is 30.1 Å². The van der Waals surface area contributed by atoms with Gasteiger partial charge < -0.3 is 9.84 Å². The Hall–Kier alpha value is -2.65. The summed E-state index contributed by atoms with van der Waals surface area (Å²) in [4.78, 5) is 18.1. The van der Waals surface area contributed by atoms with Crippen LogP contribution in [0.15, 0.2) is 47.5 Å². The number of aromatic nitrogens is 1. The number of rotatable bonds is 5. The zero-order chi connectivity index (χ0) is 19.8. The lowest BCUT2D eigenvalue weighted by Crippen LogP contribution is -2.48. The zero-order valence-corrected chi connectivity index (χ0v) is 16.1. The molecule has 27 heavy (non-hydrogen) atoms. The van der Waals surface area contributed by atoms with Gasteiger partial charge in [0.1, 0.15) is 17.3 Å². The number of aliphatic hydroxyl groups is 1. The van der Waals surface area contributed by atoms with Crippen LogP contribution in [0.3, 0.4) is 0 Å². The van der Waals surface area contributed by atoms with Crippen molar-refractivity contribution in [3.05, 3.63) is 48.3 Å². The number of carbonyl (C=O) groups is 1. The van der Waals surface area contributed by atoms with Gasteiger partial charge in [0.25, 0.3) is 10.0 Å². The number of hydrogen-bond acceptors (Lipinski definition) is 6. The number of carbonyl (C=O) groups excluding carboxylic acids is 1. The first-order valence-corrected chi connectivity index (χ1v) is 9.73. The molecule has 144 valence electrons. The molecule has 8 nitrogen and oxygen atoms in total. The van der Waals surface area contributed by atoms with Gasteiger partial charge in [0, 0.05) is 19.3 Å². The average molecular weight is 391 g/mol. The Labute approximate surface area is 158 Å².